The molecule has 2 amide bonds. The van der Waals surface area contributed by atoms with Gasteiger partial charge >= 0.3 is 5.97 Å². The van der Waals surface area contributed by atoms with Crippen molar-refractivity contribution in [3.63, 3.8) is 0 Å². The van der Waals surface area contributed by atoms with Gasteiger partial charge in [-0.3, -0.25) is 13.9 Å². The van der Waals surface area contributed by atoms with Crippen molar-refractivity contribution in [3.8, 4) is 5.75 Å². The van der Waals surface area contributed by atoms with Crippen LogP contribution in [0.2, 0.25) is 0 Å². The van der Waals surface area contributed by atoms with Crippen molar-refractivity contribution in [1.29, 1.82) is 0 Å². The van der Waals surface area contributed by atoms with Gasteiger partial charge < -0.3 is 19.7 Å². The van der Waals surface area contributed by atoms with Gasteiger partial charge in [0.2, 0.25) is 5.91 Å². The second kappa shape index (κ2) is 12.1. The van der Waals surface area contributed by atoms with Crippen LogP contribution in [0.25, 0.3) is 0 Å². The van der Waals surface area contributed by atoms with Crippen LogP contribution in [-0.4, -0.2) is 64.5 Å². The topological polar surface area (TPSA) is 122 Å². The maximum absolute atomic E-state index is 13.0. The Labute approximate surface area is 217 Å². The highest BCUT2D eigenvalue weighted by Gasteiger charge is 2.26. The lowest BCUT2D eigenvalue weighted by Gasteiger charge is -2.34. The lowest BCUT2D eigenvalue weighted by Crippen LogP contribution is -2.44. The Morgan fingerprint density at radius 1 is 0.973 bits per heavy atom. The summed E-state index contributed by atoms with van der Waals surface area (Å²) in [5.74, 6) is 0.0384. The summed E-state index contributed by atoms with van der Waals surface area (Å²) in [6.07, 6.45) is 1.07. The molecule has 2 atom stereocenters. The first-order chi connectivity index (χ1) is 17.5. The van der Waals surface area contributed by atoms with Crippen LogP contribution in [0.3, 0.4) is 0 Å². The van der Waals surface area contributed by atoms with Crippen LogP contribution in [0.15, 0.2) is 53.4 Å². The minimum Gasteiger partial charge on any atom is -0.482 e. The maximum Gasteiger partial charge on any atom is 0.344 e. The van der Waals surface area contributed by atoms with E-state index in [1.807, 2.05) is 0 Å². The van der Waals surface area contributed by atoms with E-state index in [0.717, 1.165) is 10.7 Å². The molecule has 0 aliphatic carbocycles. The molecule has 1 heterocycles. The number of hydrogen-bond acceptors (Lipinski definition) is 7. The lowest BCUT2D eigenvalue weighted by atomic mass is 9.92. The number of hydrogen-bond donors (Lipinski definition) is 1. The molecule has 10 nitrogen and oxygen atoms in total. The summed E-state index contributed by atoms with van der Waals surface area (Å²) < 4.78 is 37.5. The van der Waals surface area contributed by atoms with E-state index >= 15 is 0 Å². The van der Waals surface area contributed by atoms with Gasteiger partial charge in [-0.15, -0.1) is 0 Å². The van der Waals surface area contributed by atoms with Crippen LogP contribution >= 0.6 is 0 Å². The predicted octanol–water partition coefficient (Wildman–Crippen LogP) is 2.90. The zero-order valence-electron chi connectivity index (χ0n) is 21.5. The predicted molar refractivity (Wildman–Crippen MR) is 139 cm³/mol. The zero-order chi connectivity index (χ0) is 27.2. The third-order valence-corrected chi connectivity index (χ3v) is 7.77. The number of anilines is 2. The number of likely N-dealkylation sites (tertiary alicyclic amines) is 1. The number of ether oxygens (including phenoxy) is 2. The average Bonchev–Trinajstić information content (AvgIpc) is 2.85. The number of piperidine rings is 1. The van der Waals surface area contributed by atoms with Gasteiger partial charge in [0.05, 0.1) is 10.6 Å². The molecular formula is C26H33N3O7S. The molecule has 0 radical (unpaired) electrons. The van der Waals surface area contributed by atoms with Crippen molar-refractivity contribution in [1.82, 2.24) is 4.90 Å². The quantitative estimate of drug-likeness (QED) is 0.494. The van der Waals surface area contributed by atoms with Crippen LogP contribution in [0.5, 0.6) is 5.75 Å². The molecular weight excluding hydrogens is 498 g/mol. The Kier molecular flexibility index (Phi) is 9.14. The number of rotatable bonds is 9. The van der Waals surface area contributed by atoms with Crippen molar-refractivity contribution in [2.24, 2.45) is 11.8 Å². The molecule has 2 aromatic rings. The molecule has 1 aliphatic rings. The SMILES string of the molecule is CC(=O)Nc1ccc(S(=O)(=O)N(C)c2ccc(OCC(=O)OCC(=O)N3CC(C)CC(C)C3)cc2)cc1. The molecule has 0 spiro atoms. The van der Waals surface area contributed by atoms with Crippen molar-refractivity contribution < 1.29 is 32.3 Å². The number of nitrogens with zero attached hydrogens (tertiary/aromatic N) is 2. The first-order valence-corrected chi connectivity index (χ1v) is 13.4. The van der Waals surface area contributed by atoms with Crippen molar-refractivity contribution >= 4 is 39.2 Å². The van der Waals surface area contributed by atoms with Gasteiger partial charge in [0.1, 0.15) is 5.75 Å². The maximum atomic E-state index is 13.0. The van der Waals surface area contributed by atoms with Crippen LogP contribution < -0.4 is 14.4 Å². The Hall–Kier alpha value is -3.60. The second-order valence-corrected chi connectivity index (χ2v) is 11.3. The molecule has 2 unspecified atom stereocenters. The highest BCUT2D eigenvalue weighted by molar-refractivity contribution is 7.92. The van der Waals surface area contributed by atoms with Gasteiger partial charge in [-0.2, -0.15) is 0 Å². The van der Waals surface area contributed by atoms with E-state index in [-0.39, 0.29) is 29.9 Å². The molecule has 2 aromatic carbocycles. The molecule has 3 rings (SSSR count). The molecule has 0 saturated carbocycles. The summed E-state index contributed by atoms with van der Waals surface area (Å²) in [6, 6.07) is 12.0. The van der Waals surface area contributed by atoms with Crippen LogP contribution in [0, 0.1) is 11.8 Å². The number of carbonyl (C=O) groups is 3. The molecule has 1 aliphatic heterocycles. The Balaban J connectivity index is 1.50. The normalized spacial score (nSPS) is 17.6. The summed E-state index contributed by atoms with van der Waals surface area (Å²) in [5.41, 5.74) is 0.880. The number of benzene rings is 2. The fourth-order valence-electron chi connectivity index (χ4n) is 4.25. The lowest BCUT2D eigenvalue weighted by molar-refractivity contribution is -0.154. The minimum atomic E-state index is -3.84. The van der Waals surface area contributed by atoms with Gasteiger partial charge in [0.15, 0.2) is 13.2 Å². The van der Waals surface area contributed by atoms with E-state index in [9.17, 15) is 22.8 Å². The fraction of sp³-hybridized carbons (Fsp3) is 0.423. The third-order valence-electron chi connectivity index (χ3n) is 5.97. The summed E-state index contributed by atoms with van der Waals surface area (Å²) in [4.78, 5) is 37.3. The molecule has 200 valence electrons. The molecule has 0 aromatic heterocycles. The van der Waals surface area contributed by atoms with E-state index < -0.39 is 16.0 Å². The summed E-state index contributed by atoms with van der Waals surface area (Å²) in [7, 11) is -2.42. The molecule has 1 fully saturated rings. The Bertz CT molecular complexity index is 1200. The first-order valence-electron chi connectivity index (χ1n) is 12.0. The summed E-state index contributed by atoms with van der Waals surface area (Å²) in [5, 5.41) is 2.59. The summed E-state index contributed by atoms with van der Waals surface area (Å²) in [6.45, 7) is 6.18. The van der Waals surface area contributed by atoms with Gasteiger partial charge in [-0.25, -0.2) is 13.2 Å². The first kappa shape index (κ1) is 28.0. The fourth-order valence-corrected chi connectivity index (χ4v) is 5.44. The molecule has 1 N–H and O–H groups in total. The van der Waals surface area contributed by atoms with Crippen molar-refractivity contribution in [2.45, 2.75) is 32.1 Å². The van der Waals surface area contributed by atoms with Gasteiger partial charge in [0.25, 0.3) is 15.9 Å². The van der Waals surface area contributed by atoms with Crippen LogP contribution in [-0.2, 0) is 29.1 Å². The van der Waals surface area contributed by atoms with E-state index in [1.165, 1.54) is 50.4 Å². The second-order valence-electron chi connectivity index (χ2n) is 9.37. The van der Waals surface area contributed by atoms with E-state index in [0.29, 0.717) is 42.0 Å². The van der Waals surface area contributed by atoms with E-state index in [2.05, 4.69) is 19.2 Å². The van der Waals surface area contributed by atoms with Gasteiger partial charge in [-0.05, 0) is 66.8 Å². The molecule has 11 heteroatoms. The summed E-state index contributed by atoms with van der Waals surface area (Å²) >= 11 is 0. The molecule has 1 saturated heterocycles. The number of nitrogens with one attached hydrogen (secondary N) is 1. The van der Waals surface area contributed by atoms with Crippen molar-refractivity contribution in [3.05, 3.63) is 48.5 Å². The standard InChI is InChI=1S/C26H33N3O7S/c1-18-13-19(2)15-29(14-18)25(31)16-36-26(32)17-35-23-9-7-22(8-10-23)28(4)37(33,34)24-11-5-21(6-12-24)27-20(3)30/h5-12,18-19H,13-17H2,1-4H3,(H,27,30). The highest BCUT2D eigenvalue weighted by atomic mass is 32.2. The monoisotopic (exact) mass is 531 g/mol. The molecule has 37 heavy (non-hydrogen) atoms. The number of esters is 1. The van der Waals surface area contributed by atoms with E-state index in [4.69, 9.17) is 9.47 Å². The number of amides is 2. The largest absolute Gasteiger partial charge is 0.482 e. The van der Waals surface area contributed by atoms with Gasteiger partial charge in [0, 0.05) is 32.7 Å². The minimum absolute atomic E-state index is 0.0650. The highest BCUT2D eigenvalue weighted by Crippen LogP contribution is 2.25. The Morgan fingerprint density at radius 3 is 2.14 bits per heavy atom. The molecule has 0 bridgehead atoms. The number of sulfonamides is 1. The Morgan fingerprint density at radius 2 is 1.57 bits per heavy atom. The third kappa shape index (κ3) is 7.69. The number of carbonyl (C=O) groups excluding carboxylic acids is 3. The van der Waals surface area contributed by atoms with Crippen LogP contribution in [0.4, 0.5) is 11.4 Å². The van der Waals surface area contributed by atoms with Crippen LogP contribution in [0.1, 0.15) is 27.2 Å². The van der Waals surface area contributed by atoms with Gasteiger partial charge in [-0.1, -0.05) is 13.8 Å². The van der Waals surface area contributed by atoms with Crippen molar-refractivity contribution in [2.75, 3.05) is 43.0 Å². The average molecular weight is 532 g/mol. The zero-order valence-corrected chi connectivity index (χ0v) is 22.3. The van der Waals surface area contributed by atoms with E-state index in [1.54, 1.807) is 17.0 Å². The smallest absolute Gasteiger partial charge is 0.344 e.